The summed E-state index contributed by atoms with van der Waals surface area (Å²) in [5, 5.41) is 0.931. The molecule has 0 radical (unpaired) electrons. The molecule has 2 nitrogen and oxygen atoms in total. The topological polar surface area (TPSA) is 21.6 Å². The molecule has 120 valence electrons. The van der Waals surface area contributed by atoms with Crippen molar-refractivity contribution in [3.63, 3.8) is 0 Å². The average Bonchev–Trinajstić information content (AvgIpc) is 2.61. The van der Waals surface area contributed by atoms with Crippen LogP contribution < -0.4 is 4.74 Å². The fourth-order valence-corrected chi connectivity index (χ4v) is 2.80. The molecule has 0 saturated heterocycles. The van der Waals surface area contributed by atoms with Crippen molar-refractivity contribution in [2.24, 2.45) is 4.99 Å². The Bertz CT molecular complexity index is 810. The minimum Gasteiger partial charge on any atom is -0.486 e. The Morgan fingerprint density at radius 2 is 1.42 bits per heavy atom. The fraction of sp³-hybridized carbons (Fsp3) is 0.0500. The molecule has 0 amide bonds. The quantitative estimate of drug-likeness (QED) is 0.490. The SMILES string of the molecule is Clc1cc(C=Nc2ccccc2)cc(Cl)c1OCc1ccccc1. The van der Waals surface area contributed by atoms with E-state index >= 15 is 0 Å². The zero-order valence-corrected chi connectivity index (χ0v) is 14.3. The molecule has 0 unspecified atom stereocenters. The van der Waals surface area contributed by atoms with Gasteiger partial charge in [-0.25, -0.2) is 0 Å². The summed E-state index contributed by atoms with van der Waals surface area (Å²) in [6.07, 6.45) is 1.73. The zero-order valence-electron chi connectivity index (χ0n) is 12.8. The number of hydrogen-bond donors (Lipinski definition) is 0. The predicted octanol–water partition coefficient (Wildman–Crippen LogP) is 6.32. The van der Waals surface area contributed by atoms with Gasteiger partial charge in [-0.05, 0) is 35.4 Å². The molecule has 0 bridgehead atoms. The minimum absolute atomic E-state index is 0.414. The molecule has 3 aromatic rings. The maximum absolute atomic E-state index is 6.31. The van der Waals surface area contributed by atoms with Gasteiger partial charge in [-0.15, -0.1) is 0 Å². The van der Waals surface area contributed by atoms with E-state index < -0.39 is 0 Å². The van der Waals surface area contributed by atoms with Crippen LogP contribution in [0, 0.1) is 0 Å². The van der Waals surface area contributed by atoms with Gasteiger partial charge in [0, 0.05) is 6.21 Å². The molecular formula is C20H15Cl2NO. The third-order valence-electron chi connectivity index (χ3n) is 3.37. The van der Waals surface area contributed by atoms with E-state index in [0.29, 0.717) is 22.4 Å². The lowest BCUT2D eigenvalue weighted by Crippen LogP contribution is -1.97. The Hall–Kier alpha value is -2.29. The highest BCUT2D eigenvalue weighted by Crippen LogP contribution is 2.34. The van der Waals surface area contributed by atoms with Crippen molar-refractivity contribution < 1.29 is 4.74 Å². The van der Waals surface area contributed by atoms with Crippen molar-refractivity contribution in [1.82, 2.24) is 0 Å². The lowest BCUT2D eigenvalue weighted by molar-refractivity contribution is 0.306. The third kappa shape index (κ3) is 4.38. The van der Waals surface area contributed by atoms with Gasteiger partial charge in [0.25, 0.3) is 0 Å². The number of hydrogen-bond acceptors (Lipinski definition) is 2. The van der Waals surface area contributed by atoms with Crippen LogP contribution in [0.15, 0.2) is 77.8 Å². The van der Waals surface area contributed by atoms with E-state index in [4.69, 9.17) is 27.9 Å². The molecule has 4 heteroatoms. The molecule has 3 aromatic carbocycles. The molecule has 0 atom stereocenters. The van der Waals surface area contributed by atoms with Gasteiger partial charge in [-0.3, -0.25) is 4.99 Å². The Morgan fingerprint density at radius 3 is 2.04 bits per heavy atom. The number of rotatable bonds is 5. The highest BCUT2D eigenvalue weighted by molar-refractivity contribution is 6.37. The molecule has 24 heavy (non-hydrogen) atoms. The molecule has 0 aromatic heterocycles. The van der Waals surface area contributed by atoms with Crippen LogP contribution in [0.2, 0.25) is 10.0 Å². The van der Waals surface area contributed by atoms with Crippen LogP contribution in [0.1, 0.15) is 11.1 Å². The standard InChI is InChI=1S/C20H15Cl2NO/c21-18-11-16(13-23-17-9-5-2-6-10-17)12-19(22)20(18)24-14-15-7-3-1-4-8-15/h1-13H,14H2. The molecule has 0 aliphatic heterocycles. The van der Waals surface area contributed by atoms with Crippen LogP contribution in [-0.2, 0) is 6.61 Å². The van der Waals surface area contributed by atoms with Gasteiger partial charge >= 0.3 is 0 Å². The zero-order chi connectivity index (χ0) is 16.8. The van der Waals surface area contributed by atoms with E-state index in [1.54, 1.807) is 18.3 Å². The third-order valence-corrected chi connectivity index (χ3v) is 3.93. The Labute approximate surface area is 151 Å². The summed E-state index contributed by atoms with van der Waals surface area (Å²) in [4.78, 5) is 4.40. The average molecular weight is 356 g/mol. The van der Waals surface area contributed by atoms with E-state index in [2.05, 4.69) is 4.99 Å². The Morgan fingerprint density at radius 1 is 0.833 bits per heavy atom. The molecule has 0 heterocycles. The molecule has 0 N–H and O–H groups in total. The Balaban J connectivity index is 1.75. The van der Waals surface area contributed by atoms with Crippen molar-refractivity contribution in [2.45, 2.75) is 6.61 Å². The van der Waals surface area contributed by atoms with Crippen molar-refractivity contribution in [3.8, 4) is 5.75 Å². The number of nitrogens with zero attached hydrogens (tertiary/aromatic N) is 1. The van der Waals surface area contributed by atoms with Crippen molar-refractivity contribution in [1.29, 1.82) is 0 Å². The second-order valence-corrected chi connectivity index (χ2v) is 6.00. The summed E-state index contributed by atoms with van der Waals surface area (Å²) in [5.74, 6) is 0.485. The lowest BCUT2D eigenvalue weighted by atomic mass is 10.2. The maximum Gasteiger partial charge on any atom is 0.157 e. The second kappa shape index (κ2) is 8.00. The van der Waals surface area contributed by atoms with E-state index in [1.165, 1.54) is 0 Å². The number of para-hydroxylation sites is 1. The Kier molecular flexibility index (Phi) is 5.52. The van der Waals surface area contributed by atoms with E-state index in [0.717, 1.165) is 16.8 Å². The largest absolute Gasteiger partial charge is 0.486 e. The summed E-state index contributed by atoms with van der Waals surface area (Å²) in [6.45, 7) is 0.414. The summed E-state index contributed by atoms with van der Waals surface area (Å²) < 4.78 is 5.76. The first-order valence-corrected chi connectivity index (χ1v) is 8.23. The van der Waals surface area contributed by atoms with Crippen LogP contribution >= 0.6 is 23.2 Å². The minimum atomic E-state index is 0.414. The normalized spacial score (nSPS) is 10.9. The fourth-order valence-electron chi connectivity index (χ4n) is 2.18. The monoisotopic (exact) mass is 355 g/mol. The number of benzene rings is 3. The van der Waals surface area contributed by atoms with E-state index in [1.807, 2.05) is 60.7 Å². The maximum atomic E-state index is 6.31. The van der Waals surface area contributed by atoms with Crippen molar-refractivity contribution >= 4 is 35.1 Å². The molecular weight excluding hydrogens is 341 g/mol. The molecule has 0 aliphatic rings. The van der Waals surface area contributed by atoms with Crippen LogP contribution in [0.5, 0.6) is 5.75 Å². The van der Waals surface area contributed by atoms with Crippen LogP contribution in [-0.4, -0.2) is 6.21 Å². The highest BCUT2D eigenvalue weighted by Gasteiger charge is 2.09. The summed E-state index contributed by atoms with van der Waals surface area (Å²) in [7, 11) is 0. The number of aliphatic imine (C=N–C) groups is 1. The van der Waals surface area contributed by atoms with Crippen LogP contribution in [0.4, 0.5) is 5.69 Å². The first-order valence-electron chi connectivity index (χ1n) is 7.47. The van der Waals surface area contributed by atoms with Crippen LogP contribution in [0.3, 0.4) is 0 Å². The first kappa shape index (κ1) is 16.6. The molecule has 0 aliphatic carbocycles. The predicted molar refractivity (Wildman–Crippen MR) is 101 cm³/mol. The van der Waals surface area contributed by atoms with E-state index in [9.17, 15) is 0 Å². The lowest BCUT2D eigenvalue weighted by Gasteiger charge is -2.11. The van der Waals surface area contributed by atoms with Gasteiger partial charge in [0.15, 0.2) is 5.75 Å². The van der Waals surface area contributed by atoms with Crippen molar-refractivity contribution in [2.75, 3.05) is 0 Å². The first-order chi connectivity index (χ1) is 11.7. The smallest absolute Gasteiger partial charge is 0.157 e. The molecule has 0 spiro atoms. The summed E-state index contributed by atoms with van der Waals surface area (Å²) in [6, 6.07) is 23.1. The molecule has 3 rings (SSSR count). The van der Waals surface area contributed by atoms with Gasteiger partial charge in [-0.2, -0.15) is 0 Å². The second-order valence-electron chi connectivity index (χ2n) is 5.18. The van der Waals surface area contributed by atoms with Gasteiger partial charge in [0.2, 0.25) is 0 Å². The number of ether oxygens (including phenoxy) is 1. The molecule has 0 saturated carbocycles. The van der Waals surface area contributed by atoms with Gasteiger partial charge in [-0.1, -0.05) is 71.7 Å². The van der Waals surface area contributed by atoms with Crippen LogP contribution in [0.25, 0.3) is 0 Å². The van der Waals surface area contributed by atoms with Gasteiger partial charge < -0.3 is 4.74 Å². The number of halogens is 2. The molecule has 0 fully saturated rings. The van der Waals surface area contributed by atoms with Gasteiger partial charge in [0.1, 0.15) is 6.61 Å². The van der Waals surface area contributed by atoms with Gasteiger partial charge in [0.05, 0.1) is 15.7 Å². The summed E-state index contributed by atoms with van der Waals surface area (Å²) >= 11 is 12.6. The summed E-state index contributed by atoms with van der Waals surface area (Å²) in [5.41, 5.74) is 2.74. The highest BCUT2D eigenvalue weighted by atomic mass is 35.5. The van der Waals surface area contributed by atoms with Crippen molar-refractivity contribution in [3.05, 3.63) is 94.0 Å². The van der Waals surface area contributed by atoms with E-state index in [-0.39, 0.29) is 0 Å².